The summed E-state index contributed by atoms with van der Waals surface area (Å²) in [6, 6.07) is 7.52. The van der Waals surface area contributed by atoms with Crippen molar-refractivity contribution in [2.24, 2.45) is 5.92 Å². The maximum Gasteiger partial charge on any atom is 0.321 e. The number of urea groups is 1. The molecule has 2 saturated heterocycles. The number of anilines is 1. The first-order valence-electron chi connectivity index (χ1n) is 7.93. The molecule has 124 valence electrons. The molecule has 1 aromatic carbocycles. The maximum absolute atomic E-state index is 11.9. The van der Waals surface area contributed by atoms with Gasteiger partial charge in [0.1, 0.15) is 0 Å². The molecule has 4 N–H and O–H groups in total. The van der Waals surface area contributed by atoms with Gasteiger partial charge in [0.15, 0.2) is 0 Å². The minimum atomic E-state index is -0.438. The van der Waals surface area contributed by atoms with E-state index in [-0.39, 0.29) is 17.9 Å². The fraction of sp³-hybridized carbons (Fsp3) is 0.500. The Bertz CT molecular complexity index is 575. The van der Waals surface area contributed by atoms with E-state index < -0.39 is 6.10 Å². The minimum absolute atomic E-state index is 0.00828. The van der Waals surface area contributed by atoms with Gasteiger partial charge < -0.3 is 21.1 Å². The third kappa shape index (κ3) is 3.80. The molecule has 2 atom stereocenters. The van der Waals surface area contributed by atoms with Gasteiger partial charge >= 0.3 is 6.03 Å². The lowest BCUT2D eigenvalue weighted by Gasteiger charge is -2.15. The Morgan fingerprint density at radius 3 is 2.70 bits per heavy atom. The van der Waals surface area contributed by atoms with E-state index in [0.717, 1.165) is 11.3 Å². The predicted molar refractivity (Wildman–Crippen MR) is 86.0 cm³/mol. The standard InChI is InChI=1S/C16H22N4O3/c21-14-10-17-9-12(14)7-15(22)19-8-11-1-3-13(4-2-11)20-6-5-18-16(20)23/h1-4,12,14,17,21H,5-10H2,(H,18,23)(H,19,22)/t12-,14-/m1/s1. The minimum Gasteiger partial charge on any atom is -0.391 e. The van der Waals surface area contributed by atoms with Crippen LogP contribution in [0.15, 0.2) is 24.3 Å². The van der Waals surface area contributed by atoms with Crippen LogP contribution in [0.25, 0.3) is 0 Å². The number of aliphatic hydroxyl groups is 1. The number of nitrogens with zero attached hydrogens (tertiary/aromatic N) is 1. The van der Waals surface area contributed by atoms with Crippen molar-refractivity contribution in [3.63, 3.8) is 0 Å². The second-order valence-corrected chi connectivity index (χ2v) is 6.02. The quantitative estimate of drug-likeness (QED) is 0.605. The second-order valence-electron chi connectivity index (χ2n) is 6.02. The molecule has 2 fully saturated rings. The van der Waals surface area contributed by atoms with E-state index >= 15 is 0 Å². The van der Waals surface area contributed by atoms with Crippen LogP contribution in [0.2, 0.25) is 0 Å². The van der Waals surface area contributed by atoms with Crippen molar-refractivity contribution >= 4 is 17.6 Å². The summed E-state index contributed by atoms with van der Waals surface area (Å²) >= 11 is 0. The fourth-order valence-corrected chi connectivity index (χ4v) is 2.95. The number of hydrogen-bond donors (Lipinski definition) is 4. The molecule has 0 bridgehead atoms. The van der Waals surface area contributed by atoms with E-state index in [9.17, 15) is 14.7 Å². The monoisotopic (exact) mass is 318 g/mol. The van der Waals surface area contributed by atoms with Gasteiger partial charge in [-0.1, -0.05) is 12.1 Å². The molecule has 0 aromatic heterocycles. The van der Waals surface area contributed by atoms with E-state index in [4.69, 9.17) is 0 Å². The lowest BCUT2D eigenvalue weighted by Crippen LogP contribution is -2.29. The molecule has 3 amide bonds. The normalized spacial score (nSPS) is 23.9. The summed E-state index contributed by atoms with van der Waals surface area (Å²) in [5.74, 6) is -0.0631. The molecule has 2 aliphatic heterocycles. The molecular formula is C16H22N4O3. The highest BCUT2D eigenvalue weighted by atomic mass is 16.3. The molecule has 2 aliphatic rings. The summed E-state index contributed by atoms with van der Waals surface area (Å²) in [6.45, 7) is 3.03. The van der Waals surface area contributed by atoms with Crippen LogP contribution in [0.1, 0.15) is 12.0 Å². The zero-order chi connectivity index (χ0) is 16.2. The number of nitrogens with one attached hydrogen (secondary N) is 3. The van der Waals surface area contributed by atoms with Gasteiger partial charge in [0.2, 0.25) is 5.91 Å². The molecule has 7 nitrogen and oxygen atoms in total. The Morgan fingerprint density at radius 2 is 2.09 bits per heavy atom. The first-order valence-corrected chi connectivity index (χ1v) is 7.93. The number of hydrogen-bond acceptors (Lipinski definition) is 4. The second kappa shape index (κ2) is 6.97. The van der Waals surface area contributed by atoms with Crippen molar-refractivity contribution in [1.29, 1.82) is 0 Å². The number of benzene rings is 1. The third-order valence-electron chi connectivity index (χ3n) is 4.35. The number of β-amino-alcohol motifs (C(OH)–C–C–N with tert-alkyl or cyclic N) is 1. The van der Waals surface area contributed by atoms with Crippen molar-refractivity contribution in [2.45, 2.75) is 19.1 Å². The predicted octanol–water partition coefficient (Wildman–Crippen LogP) is -0.197. The lowest BCUT2D eigenvalue weighted by molar-refractivity contribution is -0.122. The number of aliphatic hydroxyl groups excluding tert-OH is 1. The van der Waals surface area contributed by atoms with Crippen LogP contribution in [-0.4, -0.2) is 49.3 Å². The highest BCUT2D eigenvalue weighted by molar-refractivity contribution is 5.93. The number of amides is 3. The van der Waals surface area contributed by atoms with Crippen LogP contribution >= 0.6 is 0 Å². The Balaban J connectivity index is 1.48. The molecule has 0 saturated carbocycles. The molecule has 0 radical (unpaired) electrons. The molecule has 0 spiro atoms. The largest absolute Gasteiger partial charge is 0.391 e. The van der Waals surface area contributed by atoms with Crippen molar-refractivity contribution < 1.29 is 14.7 Å². The zero-order valence-electron chi connectivity index (χ0n) is 12.9. The van der Waals surface area contributed by atoms with Crippen LogP contribution in [0.4, 0.5) is 10.5 Å². The molecule has 3 rings (SSSR count). The van der Waals surface area contributed by atoms with Crippen molar-refractivity contribution in [3.05, 3.63) is 29.8 Å². The molecular weight excluding hydrogens is 296 g/mol. The topological polar surface area (TPSA) is 93.7 Å². The SMILES string of the molecule is O=C(C[C@@H]1CNC[C@H]1O)NCc1ccc(N2CCNC2=O)cc1. The van der Waals surface area contributed by atoms with Gasteiger partial charge in [0.25, 0.3) is 0 Å². The van der Waals surface area contributed by atoms with Gasteiger partial charge in [0, 0.05) is 50.7 Å². The highest BCUT2D eigenvalue weighted by Gasteiger charge is 2.26. The van der Waals surface area contributed by atoms with E-state index in [2.05, 4.69) is 16.0 Å². The Morgan fingerprint density at radius 1 is 1.30 bits per heavy atom. The Kier molecular flexibility index (Phi) is 4.78. The fourth-order valence-electron chi connectivity index (χ4n) is 2.95. The average Bonchev–Trinajstić information content (AvgIpc) is 3.15. The smallest absolute Gasteiger partial charge is 0.321 e. The van der Waals surface area contributed by atoms with Crippen LogP contribution < -0.4 is 20.9 Å². The summed E-state index contributed by atoms with van der Waals surface area (Å²) in [4.78, 5) is 25.2. The number of carbonyl (C=O) groups is 2. The molecule has 23 heavy (non-hydrogen) atoms. The van der Waals surface area contributed by atoms with Gasteiger partial charge in [-0.25, -0.2) is 4.79 Å². The van der Waals surface area contributed by atoms with Gasteiger partial charge in [0.05, 0.1) is 6.10 Å². The van der Waals surface area contributed by atoms with Crippen molar-refractivity contribution in [2.75, 3.05) is 31.1 Å². The van der Waals surface area contributed by atoms with E-state index in [0.29, 0.717) is 39.1 Å². The Hall–Kier alpha value is -2.12. The molecule has 0 aliphatic carbocycles. The average molecular weight is 318 g/mol. The zero-order valence-corrected chi connectivity index (χ0v) is 12.9. The first-order chi connectivity index (χ1) is 11.1. The molecule has 2 heterocycles. The summed E-state index contributed by atoms with van der Waals surface area (Å²) in [5, 5.41) is 18.4. The van der Waals surface area contributed by atoms with E-state index in [1.165, 1.54) is 0 Å². The first kappa shape index (κ1) is 15.8. The molecule has 7 heteroatoms. The summed E-state index contributed by atoms with van der Waals surface area (Å²) in [7, 11) is 0. The molecule has 0 unspecified atom stereocenters. The van der Waals surface area contributed by atoms with Crippen LogP contribution in [-0.2, 0) is 11.3 Å². The molecule has 1 aromatic rings. The third-order valence-corrected chi connectivity index (χ3v) is 4.35. The van der Waals surface area contributed by atoms with Gasteiger partial charge in [-0.05, 0) is 17.7 Å². The lowest BCUT2D eigenvalue weighted by atomic mass is 10.0. The van der Waals surface area contributed by atoms with E-state index in [1.807, 2.05) is 24.3 Å². The summed E-state index contributed by atoms with van der Waals surface area (Å²) < 4.78 is 0. The maximum atomic E-state index is 11.9. The number of carbonyl (C=O) groups excluding carboxylic acids is 2. The van der Waals surface area contributed by atoms with Crippen LogP contribution in [0, 0.1) is 5.92 Å². The summed E-state index contributed by atoms with van der Waals surface area (Å²) in [5.41, 5.74) is 1.84. The highest BCUT2D eigenvalue weighted by Crippen LogP contribution is 2.17. The van der Waals surface area contributed by atoms with Crippen molar-refractivity contribution in [3.8, 4) is 0 Å². The number of rotatable bonds is 5. The van der Waals surface area contributed by atoms with E-state index in [1.54, 1.807) is 4.90 Å². The van der Waals surface area contributed by atoms with Crippen LogP contribution in [0.3, 0.4) is 0 Å². The Labute approximate surface area is 135 Å². The van der Waals surface area contributed by atoms with Crippen LogP contribution in [0.5, 0.6) is 0 Å². The van der Waals surface area contributed by atoms with Crippen molar-refractivity contribution in [1.82, 2.24) is 16.0 Å². The summed E-state index contributed by atoms with van der Waals surface area (Å²) in [6.07, 6.45) is -0.105. The van der Waals surface area contributed by atoms with Gasteiger partial charge in [-0.3, -0.25) is 9.69 Å². The van der Waals surface area contributed by atoms with Gasteiger partial charge in [-0.2, -0.15) is 0 Å². The van der Waals surface area contributed by atoms with Gasteiger partial charge in [-0.15, -0.1) is 0 Å².